The number of hydrogen-bond donors (Lipinski definition) is 0. The minimum atomic E-state index is 0. The standard InChI is InChI=1S/C88H90N2.C54H38N2.49H2/c1-59-23-49-81(61(3)55-59)89(73-45-37-69(38-46-73)65-29-25-63(26-30-65)67-33-41-71(42-34-67)87(11,12)53-51-85(5,6)7)83-57-79-76-20-16-18-22-78(76)84(58-80(79)75-19-15-17-21-77(75)83)90(82-50-24-60(2)56-62(82)4)74-47-39-70(40-48-74)66-31-27-64(28-32-66)68-35-43-72(44-36-68)88(13,14)54-52-86(8,9)10;1-5-13-45-35-51(31-23-41(45)9-1)55(52-32-24-42-10-2-6-14-46(42)36-52)49-27-19-39(20-28-49)17-18-40-21-29-50(30-22-40)56(53-33-25-43-11-3-7-15-47(43)37-53)54-34-26-44-12-4-8-16-48(44)38-54;;;;;;;;;;;;;;;;;;;;;;;;;;;;;;;;;;;;;;;;;;;;;;;;;/h15-50,55-58H,51-54H2,1-14H3;1-38H;49*1H/b;18-17+;;;;;;;;;;;;;;;;;;;;;;;;;;;;;;;;;;;;;;;;;;;;;;;;;/i;;46*1+1D;3*1+1. The maximum atomic E-state index is 5.00. The van der Waals surface area contributed by atoms with Crippen molar-refractivity contribution in [2.75, 3.05) is 19.6 Å². The predicted molar refractivity (Wildman–Crippen MR) is 737 cm³/mol. The summed E-state index contributed by atoms with van der Waals surface area (Å²) in [5.41, 5.74) is 34.2. The molecule has 22 aromatic carbocycles. The van der Waals surface area contributed by atoms with Gasteiger partial charge in [0.25, 0.3) is 0 Å². The van der Waals surface area contributed by atoms with E-state index in [0.717, 1.165) is 79.4 Å². The minimum absolute atomic E-state index is 0. The van der Waals surface area contributed by atoms with E-state index in [4.69, 9.17) is 137 Å². The fourth-order valence-corrected chi connectivity index (χ4v) is 21.2. The number of anilines is 12. The van der Waals surface area contributed by atoms with E-state index < -0.39 is 0 Å². The molecule has 4 nitrogen and oxygen atoms in total. The van der Waals surface area contributed by atoms with Gasteiger partial charge in [-0.1, -0.05) is 432 Å². The lowest BCUT2D eigenvalue weighted by Crippen LogP contribution is -2.20. The molecular weight excluding hydrogens is 1760 g/mol. The first-order valence-electron chi connectivity index (χ1n) is 97.9. The van der Waals surface area contributed by atoms with Gasteiger partial charge in [-0.3, -0.25) is 0 Å². The zero-order chi connectivity index (χ0) is 193. The molecule has 0 radical (unpaired) electrons. The summed E-state index contributed by atoms with van der Waals surface area (Å²) in [5.74, 6) is 0. The highest BCUT2D eigenvalue weighted by molar-refractivity contribution is 6.25. The van der Waals surface area contributed by atoms with Crippen LogP contribution in [0.2, 0.25) is 0 Å². The quantitative estimate of drug-likeness (QED) is 0.0441. The number of nitrogens with zero attached hydrogens (tertiary/aromatic N) is 4. The van der Waals surface area contributed by atoms with Crippen molar-refractivity contribution in [2.45, 2.75) is 133 Å². The third kappa shape index (κ3) is 20.7. The van der Waals surface area contributed by atoms with Crippen LogP contribution in [0.1, 0.15) is 280 Å². The average Bonchev–Trinajstić information content (AvgIpc) is 0.718. The number of benzene rings is 22. The Morgan fingerprint density at radius 1 is 0.192 bits per heavy atom. The zero-order valence-electron chi connectivity index (χ0n) is 179. The van der Waals surface area contributed by atoms with Crippen LogP contribution < -0.4 is 19.6 Å². The van der Waals surface area contributed by atoms with Crippen molar-refractivity contribution in [1.29, 1.82) is 0 Å². The largest absolute Gasteiger partial charge is 0.310 e. The summed E-state index contributed by atoms with van der Waals surface area (Å²) in [4.78, 5) is 9.68. The van der Waals surface area contributed by atoms with E-state index >= 15 is 0 Å². The lowest BCUT2D eigenvalue weighted by Gasteiger charge is -2.31. The van der Waals surface area contributed by atoms with Gasteiger partial charge in [0.05, 0.1) is 11.4 Å². The number of rotatable bonds is 24. The smallest absolute Gasteiger partial charge is 0.0546 e. The Balaban J connectivity index is -0.0000000952. The van der Waals surface area contributed by atoms with Crippen molar-refractivity contribution in [3.05, 3.63) is 506 Å². The van der Waals surface area contributed by atoms with Crippen LogP contribution in [0, 0.1) is 38.5 Å². The van der Waals surface area contributed by atoms with Crippen molar-refractivity contribution in [2.24, 2.45) is 10.8 Å². The van der Waals surface area contributed by atoms with Gasteiger partial charge in [-0.25, -0.2) is 0 Å². The highest BCUT2D eigenvalue weighted by Gasteiger charge is 2.29. The molecule has 0 atom stereocenters. The highest BCUT2D eigenvalue weighted by atomic mass is 15.2. The van der Waals surface area contributed by atoms with Gasteiger partial charge in [0.2, 0.25) is 0 Å². The SMILES string of the molecule is C(=C\c1ccc(N(c2ccc3ccccc3c2)c2ccc3ccccc3c2)cc1)/c1ccc(N(c2ccc3ccccc3c2)c2ccc3ccccc3c2)cc1.Cc1ccc(N(c2ccc(-c3ccc(-c4ccc(C(C)(C)CCC(C)(C)C)cc4)cc3)cc2)c2cc3c4ccccc4c(N(c4ccc(-c5ccc(-c6ccc(C(C)(C)CCC(C)(C)C)cc6)cc5)cc4)c4ccc(C)cc4C)cc3c3ccccc23)c(C)c1.[2HH].[2HH].[2HH].[2H][2H].[2H][2H].[2H][2H].[2H][2H].[2H][2H].[2H][2H].[2H][2H].[2H][2H].[2H][2H].[2H][2H].[2H][2H].[2H][2H].[2H][2H].[2H][2H].[2H][2H].[2H][2H].[2H][2H].[2H][2H].[2H][2H].[2H][2H].[2H][2H].[2H][2H].[2H][2H].[2H][2H].[2H][2H].[2H][2H].[2H][2H].[2H][2H].[2H][2H].[2H][2H].[2H][2H].[2H][2H].[2H][2H].[2H][2H].[2H][2H].[2H][2H].[2H][2H].[2H][2H].[2H][2H].[2H][2H].[2H][2H].[2H][2H].[2H][2H].[2H][2H].[2H][2H].[2H][2H]. The van der Waals surface area contributed by atoms with Crippen molar-refractivity contribution in [1.82, 2.24) is 0 Å². The van der Waals surface area contributed by atoms with Crippen molar-refractivity contribution in [3.63, 3.8) is 0 Å². The summed E-state index contributed by atoms with van der Waals surface area (Å²) in [5, 5.41) is 17.0. The Labute approximate surface area is 1010 Å². The van der Waals surface area contributed by atoms with Gasteiger partial charge < -0.3 is 19.6 Å². The van der Waals surface area contributed by atoms with E-state index in [-0.39, 0.29) is 15.1 Å². The van der Waals surface area contributed by atoms with Crippen LogP contribution >= 0.6 is 0 Å². The Morgan fingerprint density at radius 3 is 0.699 bits per heavy atom. The average molecular weight is 2080 g/mol. The Morgan fingerprint density at radius 2 is 0.425 bits per heavy atom. The first-order valence-corrected chi connectivity index (χ1v) is 51.9. The molecule has 0 bridgehead atoms. The summed E-state index contributed by atoms with van der Waals surface area (Å²) in [7, 11) is 0. The van der Waals surface area contributed by atoms with Crippen molar-refractivity contribution < 1.29 is 141 Å². The second-order valence-corrected chi connectivity index (χ2v) is 43.8. The van der Waals surface area contributed by atoms with Crippen molar-refractivity contribution in [3.8, 4) is 44.5 Å². The van der Waals surface area contributed by atoms with Crippen molar-refractivity contribution >= 4 is 156 Å². The fraction of sp³-hybridized carbons (Fsp3) is 0.155. The van der Waals surface area contributed by atoms with Gasteiger partial charge >= 0.3 is 0 Å². The first kappa shape index (κ1) is 56.0. The van der Waals surface area contributed by atoms with Crippen LogP contribution in [-0.4, -0.2) is 0 Å². The van der Waals surface area contributed by atoms with Gasteiger partial charge in [-0.2, -0.15) is 0 Å². The maximum Gasteiger partial charge on any atom is 0.0546 e. The first-order chi connectivity index (χ1) is 117. The van der Waals surface area contributed by atoms with E-state index in [1.165, 1.54) is 179 Å². The molecule has 22 rings (SSSR count). The molecule has 4 heteroatoms. The lowest BCUT2D eigenvalue weighted by atomic mass is 9.76. The molecule has 0 heterocycles. The summed E-state index contributed by atoms with van der Waals surface area (Å²) < 4.78 is 460. The highest BCUT2D eigenvalue weighted by Crippen LogP contribution is 2.52. The molecule has 22 aromatic rings. The molecule has 0 fully saturated rings. The van der Waals surface area contributed by atoms with Crippen LogP contribution in [0.3, 0.4) is 0 Å². The monoisotopic (exact) mass is 2080 g/mol. The number of fused-ring (bicyclic) bond motifs is 9. The molecule has 0 aliphatic carbocycles. The molecule has 0 saturated carbocycles. The van der Waals surface area contributed by atoms with Crippen LogP contribution in [0.5, 0.6) is 0 Å². The molecule has 0 unspecified atom stereocenters. The van der Waals surface area contributed by atoms with E-state index in [1.807, 2.05) is 0 Å². The fourth-order valence-electron chi connectivity index (χ4n) is 21.2. The molecule has 0 aliphatic heterocycles. The van der Waals surface area contributed by atoms with Gasteiger partial charge in [0.1, 0.15) is 0 Å². The molecular formula is C142H226N4. The Bertz CT molecular complexity index is 8120. The van der Waals surface area contributed by atoms with Crippen LogP contribution in [0.4, 0.5) is 68.2 Å². The minimum Gasteiger partial charge on any atom is -0.310 e. The predicted octanol–water partition coefficient (Wildman–Crippen LogP) is 53.7. The van der Waals surface area contributed by atoms with Crippen LogP contribution in [0.15, 0.2) is 461 Å². The maximum absolute atomic E-state index is 5.00. The zero-order valence-corrected chi connectivity index (χ0v) is 86.7. The Hall–Kier alpha value is -16.4. The second kappa shape index (κ2) is 40.4. The second-order valence-electron chi connectivity index (χ2n) is 43.8. The van der Waals surface area contributed by atoms with Crippen LogP contribution in [0.25, 0.3) is 132 Å². The molecule has 146 heavy (non-hydrogen) atoms. The van der Waals surface area contributed by atoms with E-state index in [9.17, 15) is 0 Å². The summed E-state index contributed by atoms with van der Waals surface area (Å²) >= 11 is 0. The molecule has 0 aliphatic rings. The lowest BCUT2D eigenvalue weighted by molar-refractivity contribution is 0.315. The van der Waals surface area contributed by atoms with E-state index in [0.29, 0.717) is 10.8 Å². The topological polar surface area (TPSA) is 13.0 Å². The summed E-state index contributed by atoms with van der Waals surface area (Å²) in [6.45, 7) is 32.4. The van der Waals surface area contributed by atoms with Gasteiger partial charge in [0, 0.05) is 209 Å². The molecule has 0 amide bonds. The molecule has 0 aromatic heterocycles. The summed E-state index contributed by atoms with van der Waals surface area (Å²) in [6, 6.07) is 171. The summed E-state index contributed by atoms with van der Waals surface area (Å²) in [6.07, 6.45) is 9.12. The van der Waals surface area contributed by atoms with E-state index in [2.05, 4.69) is 590 Å². The Kier molecular flexibility index (Phi) is 15.5. The normalized spacial score (nSPS) is 14.5. The molecule has 0 N–H and O–H groups in total. The number of aryl methyl sites for hydroxylation is 4. The van der Waals surface area contributed by atoms with Gasteiger partial charge in [-0.05, 0) is 339 Å². The molecule has 0 saturated heterocycles. The third-order valence-corrected chi connectivity index (χ3v) is 29.9. The molecule has 814 valence electrons. The molecule has 0 spiro atoms. The van der Waals surface area contributed by atoms with E-state index in [1.54, 1.807) is 0 Å². The number of hydrogen-bond acceptors (Lipinski definition) is 4. The van der Waals surface area contributed by atoms with Crippen LogP contribution in [-0.2, 0) is 10.8 Å². The third-order valence-electron chi connectivity index (χ3n) is 29.9. The van der Waals surface area contributed by atoms with Gasteiger partial charge in [-0.15, -0.1) is 0 Å². The van der Waals surface area contributed by atoms with Gasteiger partial charge in [0.15, 0.2) is 0 Å².